The van der Waals surface area contributed by atoms with Crippen molar-refractivity contribution in [2.45, 2.75) is 32.2 Å². The lowest BCUT2D eigenvalue weighted by Crippen LogP contribution is -2.41. The van der Waals surface area contributed by atoms with Crippen LogP contribution in [0, 0.1) is 0 Å². The Hall–Kier alpha value is -1.09. The van der Waals surface area contributed by atoms with Gasteiger partial charge in [0.2, 0.25) is 0 Å². The van der Waals surface area contributed by atoms with Gasteiger partial charge in [0.05, 0.1) is 0 Å². The second kappa shape index (κ2) is 5.85. The van der Waals surface area contributed by atoms with Crippen molar-refractivity contribution >= 4 is 6.21 Å². The number of nitrogens with one attached hydrogen (secondary N) is 1. The standard InChI is InChI=1S/C13H21N3/c1-2-16-10-7-12(8-11-16)15-13-6-4-3-5-9-14-13/h3,5-6,9,12,15H,2,4,7-8,10-11H2,1H3. The quantitative estimate of drug-likeness (QED) is 0.785. The van der Waals surface area contributed by atoms with Gasteiger partial charge in [-0.15, -0.1) is 0 Å². The van der Waals surface area contributed by atoms with E-state index in [2.05, 4.69) is 34.3 Å². The molecule has 1 fully saturated rings. The van der Waals surface area contributed by atoms with Crippen LogP contribution in [0.25, 0.3) is 0 Å². The summed E-state index contributed by atoms with van der Waals surface area (Å²) < 4.78 is 0. The molecule has 0 saturated carbocycles. The summed E-state index contributed by atoms with van der Waals surface area (Å²) in [6.07, 6.45) is 11.6. The normalized spacial score (nSPS) is 22.9. The van der Waals surface area contributed by atoms with Crippen LogP contribution in [-0.2, 0) is 0 Å². The van der Waals surface area contributed by atoms with Crippen molar-refractivity contribution in [2.75, 3.05) is 19.6 Å². The first-order valence-corrected chi connectivity index (χ1v) is 6.26. The minimum atomic E-state index is 0.601. The molecule has 1 saturated heterocycles. The summed E-state index contributed by atoms with van der Waals surface area (Å²) in [5, 5.41) is 3.54. The molecule has 16 heavy (non-hydrogen) atoms. The number of allylic oxidation sites excluding steroid dienone is 3. The van der Waals surface area contributed by atoms with Crippen LogP contribution in [0.4, 0.5) is 0 Å². The highest BCUT2D eigenvalue weighted by Crippen LogP contribution is 2.12. The van der Waals surface area contributed by atoms with Gasteiger partial charge in [-0.3, -0.25) is 0 Å². The van der Waals surface area contributed by atoms with Crippen molar-refractivity contribution in [1.82, 2.24) is 10.2 Å². The van der Waals surface area contributed by atoms with E-state index in [1.807, 2.05) is 12.3 Å². The van der Waals surface area contributed by atoms with Gasteiger partial charge >= 0.3 is 0 Å². The van der Waals surface area contributed by atoms with Crippen LogP contribution >= 0.6 is 0 Å². The maximum Gasteiger partial charge on any atom is 0.122 e. The molecule has 0 spiro atoms. The second-order valence-electron chi connectivity index (χ2n) is 4.38. The summed E-state index contributed by atoms with van der Waals surface area (Å²) in [5.74, 6) is 1.04. The fourth-order valence-electron chi connectivity index (χ4n) is 2.19. The molecule has 0 aliphatic carbocycles. The number of aliphatic imine (C=N–C) groups is 1. The summed E-state index contributed by atoms with van der Waals surface area (Å²) in [6, 6.07) is 0.601. The average Bonchev–Trinajstić information content (AvgIpc) is 2.59. The molecule has 2 rings (SSSR count). The topological polar surface area (TPSA) is 27.6 Å². The van der Waals surface area contributed by atoms with Crippen LogP contribution < -0.4 is 5.32 Å². The van der Waals surface area contributed by atoms with E-state index in [1.165, 1.54) is 32.5 Å². The highest BCUT2D eigenvalue weighted by molar-refractivity contribution is 5.72. The second-order valence-corrected chi connectivity index (χ2v) is 4.38. The number of nitrogens with zero attached hydrogens (tertiary/aromatic N) is 2. The summed E-state index contributed by atoms with van der Waals surface area (Å²) in [4.78, 5) is 6.89. The number of rotatable bonds is 3. The lowest BCUT2D eigenvalue weighted by Gasteiger charge is -2.31. The molecule has 1 N–H and O–H groups in total. The highest BCUT2D eigenvalue weighted by Gasteiger charge is 2.17. The molecule has 0 amide bonds. The van der Waals surface area contributed by atoms with E-state index in [4.69, 9.17) is 0 Å². The molecule has 2 aliphatic rings. The third kappa shape index (κ3) is 3.20. The third-order valence-electron chi connectivity index (χ3n) is 3.27. The SMILES string of the molecule is CCN1CCC(NC2=CCC=CC=N2)CC1. The van der Waals surface area contributed by atoms with E-state index >= 15 is 0 Å². The van der Waals surface area contributed by atoms with Crippen molar-refractivity contribution in [1.29, 1.82) is 0 Å². The largest absolute Gasteiger partial charge is 0.368 e. The van der Waals surface area contributed by atoms with E-state index in [9.17, 15) is 0 Å². The van der Waals surface area contributed by atoms with E-state index in [1.54, 1.807) is 0 Å². The number of hydrogen-bond acceptors (Lipinski definition) is 3. The van der Waals surface area contributed by atoms with Crippen LogP contribution in [0.3, 0.4) is 0 Å². The van der Waals surface area contributed by atoms with Crippen molar-refractivity contribution < 1.29 is 0 Å². The minimum absolute atomic E-state index is 0.601. The zero-order valence-electron chi connectivity index (χ0n) is 10.0. The summed E-state index contributed by atoms with van der Waals surface area (Å²) in [6.45, 7) is 5.84. The van der Waals surface area contributed by atoms with E-state index in [0.29, 0.717) is 6.04 Å². The van der Waals surface area contributed by atoms with Gasteiger partial charge in [0, 0.05) is 25.3 Å². The Morgan fingerprint density at radius 2 is 2.25 bits per heavy atom. The molecule has 0 radical (unpaired) electrons. The third-order valence-corrected chi connectivity index (χ3v) is 3.27. The van der Waals surface area contributed by atoms with Gasteiger partial charge in [-0.1, -0.05) is 13.0 Å². The molecular formula is C13H21N3. The molecule has 0 aromatic rings. The Morgan fingerprint density at radius 3 is 3.00 bits per heavy atom. The lowest BCUT2D eigenvalue weighted by molar-refractivity contribution is 0.211. The van der Waals surface area contributed by atoms with Gasteiger partial charge < -0.3 is 10.2 Å². The first kappa shape index (κ1) is 11.4. The molecular weight excluding hydrogens is 198 g/mol. The molecule has 0 unspecified atom stereocenters. The van der Waals surface area contributed by atoms with Crippen LogP contribution in [0.5, 0.6) is 0 Å². The van der Waals surface area contributed by atoms with Gasteiger partial charge in [-0.25, -0.2) is 4.99 Å². The van der Waals surface area contributed by atoms with Crippen LogP contribution in [-0.4, -0.2) is 36.8 Å². The summed E-state index contributed by atoms with van der Waals surface area (Å²) in [5.41, 5.74) is 0. The highest BCUT2D eigenvalue weighted by atomic mass is 15.1. The number of piperidine rings is 1. The van der Waals surface area contributed by atoms with Gasteiger partial charge in [0.1, 0.15) is 5.82 Å². The smallest absolute Gasteiger partial charge is 0.122 e. The van der Waals surface area contributed by atoms with E-state index in [0.717, 1.165) is 12.2 Å². The zero-order valence-corrected chi connectivity index (χ0v) is 10.0. The molecule has 88 valence electrons. The average molecular weight is 219 g/mol. The van der Waals surface area contributed by atoms with Crippen molar-refractivity contribution in [2.24, 2.45) is 4.99 Å². The molecule has 2 heterocycles. The maximum atomic E-state index is 4.38. The predicted octanol–water partition coefficient (Wildman–Crippen LogP) is 1.93. The zero-order chi connectivity index (χ0) is 11.2. The van der Waals surface area contributed by atoms with E-state index < -0.39 is 0 Å². The molecule has 0 aromatic heterocycles. The molecule has 3 heteroatoms. The number of likely N-dealkylation sites (tertiary alicyclic amines) is 1. The molecule has 0 bridgehead atoms. The predicted molar refractivity (Wildman–Crippen MR) is 68.6 cm³/mol. The van der Waals surface area contributed by atoms with E-state index in [-0.39, 0.29) is 0 Å². The molecule has 2 aliphatic heterocycles. The van der Waals surface area contributed by atoms with Gasteiger partial charge in [-0.2, -0.15) is 0 Å². The van der Waals surface area contributed by atoms with Crippen molar-refractivity contribution in [3.63, 3.8) is 0 Å². The van der Waals surface area contributed by atoms with Crippen LogP contribution in [0.2, 0.25) is 0 Å². The Morgan fingerprint density at radius 1 is 1.44 bits per heavy atom. The van der Waals surface area contributed by atoms with Gasteiger partial charge in [-0.05, 0) is 38.0 Å². The number of hydrogen-bond donors (Lipinski definition) is 1. The van der Waals surface area contributed by atoms with Crippen LogP contribution in [0.15, 0.2) is 29.0 Å². The summed E-state index contributed by atoms with van der Waals surface area (Å²) >= 11 is 0. The monoisotopic (exact) mass is 219 g/mol. The Balaban J connectivity index is 1.80. The first-order valence-electron chi connectivity index (χ1n) is 6.26. The van der Waals surface area contributed by atoms with Crippen LogP contribution in [0.1, 0.15) is 26.2 Å². The fraction of sp³-hybridized carbons (Fsp3) is 0.615. The molecule has 0 atom stereocenters. The van der Waals surface area contributed by atoms with Gasteiger partial charge in [0.15, 0.2) is 0 Å². The lowest BCUT2D eigenvalue weighted by atomic mass is 10.1. The Labute approximate surface area is 97.9 Å². The Bertz CT molecular complexity index is 296. The Kier molecular flexibility index (Phi) is 4.17. The van der Waals surface area contributed by atoms with Crippen molar-refractivity contribution in [3.05, 3.63) is 24.0 Å². The van der Waals surface area contributed by atoms with Crippen molar-refractivity contribution in [3.8, 4) is 0 Å². The molecule has 3 nitrogen and oxygen atoms in total. The summed E-state index contributed by atoms with van der Waals surface area (Å²) in [7, 11) is 0. The first-order chi connectivity index (χ1) is 7.88. The maximum absolute atomic E-state index is 4.38. The fourth-order valence-corrected chi connectivity index (χ4v) is 2.19. The minimum Gasteiger partial charge on any atom is -0.368 e. The van der Waals surface area contributed by atoms with Gasteiger partial charge in [0.25, 0.3) is 0 Å². The molecule has 0 aromatic carbocycles.